The van der Waals surface area contributed by atoms with Crippen LogP contribution >= 0.6 is 7.26 Å². The van der Waals surface area contributed by atoms with Gasteiger partial charge in [0.05, 0.1) is 0 Å². The molecule has 0 N–H and O–H groups in total. The molecule has 6 aromatic rings. The Morgan fingerprint density at radius 1 is 0.700 bits per heavy atom. The number of anilines is 1. The van der Waals surface area contributed by atoms with Crippen molar-refractivity contribution < 1.29 is 33.3 Å². The van der Waals surface area contributed by atoms with E-state index < -0.39 is 17.5 Å². The van der Waals surface area contributed by atoms with Gasteiger partial charge < -0.3 is 13.9 Å². The first-order chi connectivity index (χ1) is 24.1. The Balaban J connectivity index is 0.000000734. The molecule has 4 aromatic carbocycles. The van der Waals surface area contributed by atoms with Gasteiger partial charge in [0.25, 0.3) is 16.9 Å². The second-order valence-corrected chi connectivity index (χ2v) is 16.7. The lowest BCUT2D eigenvalue weighted by Crippen LogP contribution is -2.68. The average Bonchev–Trinajstić information content (AvgIpc) is 3.56. The van der Waals surface area contributed by atoms with Crippen molar-refractivity contribution in [1.82, 2.24) is 9.55 Å². The summed E-state index contributed by atoms with van der Waals surface area (Å²) in [6.45, 7) is 4.41. The number of nitrogens with zero attached hydrogens (tertiary/aromatic N) is 3. The van der Waals surface area contributed by atoms with Crippen molar-refractivity contribution in [3.05, 3.63) is 155 Å². The normalized spacial score (nSPS) is 17.0. The molecule has 0 spiro atoms. The van der Waals surface area contributed by atoms with E-state index in [1.807, 2.05) is 10.6 Å². The van der Waals surface area contributed by atoms with Crippen LogP contribution in [0, 0.1) is 23.1 Å². The first-order valence-corrected chi connectivity index (χ1v) is 19.3. The Hall–Kier alpha value is -4.60. The van der Waals surface area contributed by atoms with Gasteiger partial charge in [0, 0.05) is 42.9 Å². The van der Waals surface area contributed by atoms with Gasteiger partial charge in [-0.15, -0.1) is 10.2 Å². The van der Waals surface area contributed by atoms with Crippen LogP contribution in [0.1, 0.15) is 23.6 Å². The van der Waals surface area contributed by atoms with E-state index in [1.54, 1.807) is 6.07 Å². The lowest BCUT2D eigenvalue weighted by atomic mass is 9.83. The molecule has 2 atom stereocenters. The van der Waals surface area contributed by atoms with Crippen LogP contribution in [-0.4, -0.2) is 22.6 Å². The highest BCUT2D eigenvalue weighted by atomic mass is 35.7. The molecule has 0 saturated carbocycles. The van der Waals surface area contributed by atoms with Crippen molar-refractivity contribution in [3.63, 3.8) is 0 Å². The molecule has 2 aromatic heterocycles. The third-order valence-electron chi connectivity index (χ3n) is 9.41. The Bertz CT molecular complexity index is 2020. The number of benzene rings is 4. The Morgan fingerprint density at radius 2 is 1.24 bits per heavy atom. The number of halogens is 1. The Kier molecular flexibility index (Phi) is 9.46. The number of fused-ring (bicyclic) bond motifs is 4. The third kappa shape index (κ3) is 6.76. The van der Waals surface area contributed by atoms with Gasteiger partial charge in [-0.2, -0.15) is 4.98 Å². The molecule has 254 valence electrons. The SMILES string of the molecule is Cc1ccc(-c2nc([P+](c3ccccc3)(c3ccccc3)c3ccccc3)c(N3C[C@@H]4C[C@@H](C3)c3cccc(=O)n3C4)o2)cc1.[O-][Cl+3]([O-])([O-])[O-]. The van der Waals surface area contributed by atoms with Gasteiger partial charge in [-0.1, -0.05) is 78.4 Å². The molecule has 9 nitrogen and oxygen atoms in total. The zero-order chi connectivity index (χ0) is 34.9. The zero-order valence-electron chi connectivity index (χ0n) is 27.3. The summed E-state index contributed by atoms with van der Waals surface area (Å²) >= 11 is 0. The van der Waals surface area contributed by atoms with Crippen molar-refractivity contribution in [3.8, 4) is 11.5 Å². The lowest BCUT2D eigenvalue weighted by Gasteiger charge is -2.42. The highest BCUT2D eigenvalue weighted by Gasteiger charge is 2.54. The van der Waals surface area contributed by atoms with Crippen LogP contribution < -0.4 is 50.4 Å². The molecule has 0 amide bonds. The molecule has 50 heavy (non-hydrogen) atoms. The van der Waals surface area contributed by atoms with Crippen molar-refractivity contribution in [2.45, 2.75) is 25.8 Å². The summed E-state index contributed by atoms with van der Waals surface area (Å²) < 4.78 is 43.0. The van der Waals surface area contributed by atoms with Crippen LogP contribution in [0.4, 0.5) is 5.88 Å². The van der Waals surface area contributed by atoms with E-state index in [0.717, 1.165) is 48.6 Å². The molecule has 2 aliphatic rings. The highest BCUT2D eigenvalue weighted by molar-refractivity contribution is 8.01. The third-order valence-corrected chi connectivity index (χ3v) is 13.6. The average molecular weight is 708 g/mol. The van der Waals surface area contributed by atoms with Gasteiger partial charge in [-0.05, 0) is 73.9 Å². The first kappa shape index (κ1) is 33.9. The second kappa shape index (κ2) is 14.0. The molecule has 8 rings (SSSR count). The predicted molar refractivity (Wildman–Crippen MR) is 185 cm³/mol. The fourth-order valence-corrected chi connectivity index (χ4v) is 11.6. The number of hydrogen-bond donors (Lipinski definition) is 0. The number of hydrogen-bond acceptors (Lipinski definition) is 8. The highest BCUT2D eigenvalue weighted by Crippen LogP contribution is 2.56. The van der Waals surface area contributed by atoms with Crippen LogP contribution in [0.5, 0.6) is 0 Å². The van der Waals surface area contributed by atoms with Gasteiger partial charge in [0.1, 0.15) is 15.9 Å². The minimum Gasteiger partial charge on any atom is -0.416 e. The van der Waals surface area contributed by atoms with Crippen LogP contribution in [0.15, 0.2) is 143 Å². The van der Waals surface area contributed by atoms with E-state index >= 15 is 0 Å². The van der Waals surface area contributed by atoms with Gasteiger partial charge in [0.2, 0.25) is 5.89 Å². The van der Waals surface area contributed by atoms with Crippen LogP contribution in [-0.2, 0) is 6.54 Å². The van der Waals surface area contributed by atoms with Crippen molar-refractivity contribution in [2.24, 2.45) is 5.92 Å². The number of aryl methyl sites for hydroxylation is 1. The molecule has 0 radical (unpaired) electrons. The zero-order valence-corrected chi connectivity index (χ0v) is 29.0. The predicted octanol–water partition coefficient (Wildman–Crippen LogP) is 1.30. The maximum atomic E-state index is 12.8. The molecule has 0 unspecified atom stereocenters. The Morgan fingerprint density at radius 3 is 1.78 bits per heavy atom. The van der Waals surface area contributed by atoms with Gasteiger partial charge in [-0.25, -0.2) is 18.6 Å². The monoisotopic (exact) mass is 707 g/mol. The second-order valence-electron chi connectivity index (χ2n) is 12.7. The fraction of sp³-hybridized carbons (Fsp3) is 0.179. The quantitative estimate of drug-likeness (QED) is 0.236. The lowest BCUT2D eigenvalue weighted by molar-refractivity contribution is -2.00. The molecule has 11 heteroatoms. The maximum Gasteiger partial charge on any atom is 0.262 e. The van der Waals surface area contributed by atoms with E-state index in [9.17, 15) is 4.79 Å². The summed E-state index contributed by atoms with van der Waals surface area (Å²) in [4.78, 5) is 20.8. The summed E-state index contributed by atoms with van der Waals surface area (Å²) in [5, 5.41) is 3.71. The van der Waals surface area contributed by atoms with Gasteiger partial charge >= 0.3 is 0 Å². The summed E-state index contributed by atoms with van der Waals surface area (Å²) in [6.07, 6.45) is 1.07. The van der Waals surface area contributed by atoms with E-state index in [1.165, 1.54) is 21.5 Å². The molecular weight excluding hydrogens is 673 g/mol. The smallest absolute Gasteiger partial charge is 0.262 e. The standard InChI is InChI=1S/C39H35N3O2P.ClHO4/c1-28-20-22-30(23-21-28)37-40-38(39(44-37)41-25-29-24-31(27-41)35-18-11-19-36(43)42(35)26-29)45(32-12-5-2-6-13-32,33-14-7-3-8-15-33)34-16-9-4-10-17-34;2-1(3,4)5/h2-23,29,31H,24-27H2,1H3;(H,2,3,4,5)/q+1;/p-1/t29-,31-;/m0./s1. The molecule has 2 aliphatic heterocycles. The number of oxazole rings is 1. The number of pyridine rings is 1. The van der Waals surface area contributed by atoms with E-state index in [2.05, 4.69) is 133 Å². The maximum absolute atomic E-state index is 12.8. The summed E-state index contributed by atoms with van der Waals surface area (Å²) in [5.74, 6) is 2.07. The number of rotatable bonds is 6. The molecule has 0 aliphatic carbocycles. The summed E-state index contributed by atoms with van der Waals surface area (Å²) in [7, 11) is -7.47. The van der Waals surface area contributed by atoms with Crippen LogP contribution in [0.3, 0.4) is 0 Å². The molecule has 1 fully saturated rings. The van der Waals surface area contributed by atoms with E-state index in [-0.39, 0.29) is 11.5 Å². The van der Waals surface area contributed by atoms with Crippen molar-refractivity contribution in [1.29, 1.82) is 0 Å². The van der Waals surface area contributed by atoms with E-state index in [4.69, 9.17) is 28.0 Å². The van der Waals surface area contributed by atoms with Crippen molar-refractivity contribution in [2.75, 3.05) is 18.0 Å². The van der Waals surface area contributed by atoms with E-state index in [0.29, 0.717) is 11.8 Å². The topological polar surface area (TPSA) is 144 Å². The van der Waals surface area contributed by atoms with Gasteiger partial charge in [0.15, 0.2) is 7.26 Å². The van der Waals surface area contributed by atoms with Crippen LogP contribution in [0.25, 0.3) is 11.5 Å². The van der Waals surface area contributed by atoms with Gasteiger partial charge in [-0.3, -0.25) is 4.79 Å². The summed E-state index contributed by atoms with van der Waals surface area (Å²) in [5.41, 5.74) is 4.38. The Labute approximate surface area is 292 Å². The first-order valence-electron chi connectivity index (χ1n) is 16.3. The minimum atomic E-state index is -4.94. The molecular formula is C39H35ClN3O6P. The molecule has 1 saturated heterocycles. The van der Waals surface area contributed by atoms with Crippen LogP contribution in [0.2, 0.25) is 0 Å². The number of piperidine rings is 1. The fourth-order valence-electron chi connectivity index (χ4n) is 7.38. The molecule has 4 heterocycles. The molecule has 2 bridgehead atoms. The summed E-state index contributed by atoms with van der Waals surface area (Å²) in [6, 6.07) is 46.8. The largest absolute Gasteiger partial charge is 0.416 e. The number of aromatic nitrogens is 2. The van der Waals surface area contributed by atoms with Crippen molar-refractivity contribution >= 4 is 34.5 Å². The minimum absolute atomic E-state index is 0.0971.